The van der Waals surface area contributed by atoms with Gasteiger partial charge in [0.25, 0.3) is 0 Å². The van der Waals surface area contributed by atoms with Gasteiger partial charge < -0.3 is 14.2 Å². The number of carbonyl (C=O) groups excluding carboxylic acids is 2. The van der Waals surface area contributed by atoms with E-state index in [4.69, 9.17) is 14.2 Å². The van der Waals surface area contributed by atoms with Crippen LogP contribution < -0.4 is 0 Å². The van der Waals surface area contributed by atoms with Crippen LogP contribution in [0.2, 0.25) is 0 Å². The van der Waals surface area contributed by atoms with Crippen LogP contribution in [0.25, 0.3) is 0 Å². The Hall–Kier alpha value is -2.08. The fourth-order valence-corrected chi connectivity index (χ4v) is 3.38. The van der Waals surface area contributed by atoms with Gasteiger partial charge in [-0.3, -0.25) is 9.69 Å². The molecular formula is C21H31NO5. The molecule has 150 valence electrons. The Balaban J connectivity index is 2.31. The predicted octanol–water partition coefficient (Wildman–Crippen LogP) is 3.92. The molecule has 2 atom stereocenters. The largest absolute Gasteiger partial charge is 0.466 e. The van der Waals surface area contributed by atoms with Gasteiger partial charge in [-0.1, -0.05) is 30.3 Å². The first-order chi connectivity index (χ1) is 12.5. The lowest BCUT2D eigenvalue weighted by atomic mass is 9.98. The number of hydrogen-bond acceptors (Lipinski definition) is 5. The zero-order valence-electron chi connectivity index (χ0n) is 17.2. The summed E-state index contributed by atoms with van der Waals surface area (Å²) in [6.45, 7) is 11.2. The number of benzene rings is 1. The van der Waals surface area contributed by atoms with Crippen molar-refractivity contribution in [2.45, 2.75) is 77.9 Å². The third-order valence-electron chi connectivity index (χ3n) is 4.33. The minimum absolute atomic E-state index is 0.0913. The third-order valence-corrected chi connectivity index (χ3v) is 4.33. The van der Waals surface area contributed by atoms with E-state index >= 15 is 0 Å². The van der Waals surface area contributed by atoms with Gasteiger partial charge in [-0.25, -0.2) is 4.79 Å². The van der Waals surface area contributed by atoms with Gasteiger partial charge in [0.1, 0.15) is 11.3 Å². The first-order valence-corrected chi connectivity index (χ1v) is 9.43. The lowest BCUT2D eigenvalue weighted by Gasteiger charge is -2.35. The van der Waals surface area contributed by atoms with Gasteiger partial charge in [-0.05, 0) is 53.5 Å². The van der Waals surface area contributed by atoms with Crippen molar-refractivity contribution in [3.8, 4) is 0 Å². The van der Waals surface area contributed by atoms with E-state index in [9.17, 15) is 9.59 Å². The molecule has 1 aliphatic rings. The van der Waals surface area contributed by atoms with Gasteiger partial charge in [-0.15, -0.1) is 0 Å². The second-order valence-corrected chi connectivity index (χ2v) is 8.22. The molecule has 1 heterocycles. The third kappa shape index (κ3) is 5.70. The van der Waals surface area contributed by atoms with Crippen LogP contribution in [0.3, 0.4) is 0 Å². The molecule has 6 heteroatoms. The quantitative estimate of drug-likeness (QED) is 0.728. The maximum atomic E-state index is 12.9. The second-order valence-electron chi connectivity index (χ2n) is 8.22. The molecule has 0 N–H and O–H groups in total. The SMILES string of the molecule is CCOC(=O)C[C@H]1OC(C)(C)N(C(=O)OC(C)(C)C)[C@H]1Cc1ccccc1. The van der Waals surface area contributed by atoms with E-state index in [0.29, 0.717) is 13.0 Å². The topological polar surface area (TPSA) is 65.1 Å². The molecule has 0 saturated carbocycles. The summed E-state index contributed by atoms with van der Waals surface area (Å²) in [5.74, 6) is -0.331. The highest BCUT2D eigenvalue weighted by molar-refractivity contribution is 5.72. The zero-order chi connectivity index (χ0) is 20.2. The van der Waals surface area contributed by atoms with Crippen LogP contribution in [0, 0.1) is 0 Å². The van der Waals surface area contributed by atoms with Crippen LogP contribution in [0.1, 0.15) is 53.5 Å². The molecule has 27 heavy (non-hydrogen) atoms. The Morgan fingerprint density at radius 1 is 1.19 bits per heavy atom. The molecule has 2 rings (SSSR count). The first kappa shape index (κ1) is 21.2. The highest BCUT2D eigenvalue weighted by atomic mass is 16.6. The molecule has 1 saturated heterocycles. The minimum atomic E-state index is -0.890. The van der Waals surface area contributed by atoms with Gasteiger partial charge in [0.15, 0.2) is 0 Å². The molecule has 1 aliphatic heterocycles. The molecular weight excluding hydrogens is 346 g/mol. The average molecular weight is 377 g/mol. The van der Waals surface area contributed by atoms with E-state index in [0.717, 1.165) is 5.56 Å². The van der Waals surface area contributed by atoms with Crippen molar-refractivity contribution in [1.82, 2.24) is 4.90 Å². The van der Waals surface area contributed by atoms with E-state index < -0.39 is 23.5 Å². The molecule has 1 fully saturated rings. The normalized spacial score (nSPS) is 21.8. The molecule has 1 aromatic rings. The van der Waals surface area contributed by atoms with Gasteiger partial charge in [0.2, 0.25) is 0 Å². The molecule has 0 radical (unpaired) electrons. The van der Waals surface area contributed by atoms with Crippen LogP contribution >= 0.6 is 0 Å². The Morgan fingerprint density at radius 3 is 2.37 bits per heavy atom. The van der Waals surface area contributed by atoms with Gasteiger partial charge in [-0.2, -0.15) is 0 Å². The summed E-state index contributed by atoms with van der Waals surface area (Å²) >= 11 is 0. The molecule has 0 unspecified atom stereocenters. The molecule has 0 spiro atoms. The van der Waals surface area contributed by atoms with Gasteiger partial charge in [0.05, 0.1) is 25.2 Å². The van der Waals surface area contributed by atoms with Crippen molar-refractivity contribution in [2.75, 3.05) is 6.61 Å². The second kappa shape index (κ2) is 8.30. The maximum absolute atomic E-state index is 12.9. The molecule has 6 nitrogen and oxygen atoms in total. The fourth-order valence-electron chi connectivity index (χ4n) is 3.38. The Morgan fingerprint density at radius 2 is 1.81 bits per heavy atom. The number of nitrogens with zero attached hydrogens (tertiary/aromatic N) is 1. The summed E-state index contributed by atoms with van der Waals surface area (Å²) in [5.41, 5.74) is -0.450. The number of carbonyl (C=O) groups is 2. The Kier molecular flexibility index (Phi) is 6.52. The van der Waals surface area contributed by atoms with Crippen molar-refractivity contribution in [1.29, 1.82) is 0 Å². The van der Waals surface area contributed by atoms with E-state index in [2.05, 4.69) is 0 Å². The van der Waals surface area contributed by atoms with Crippen molar-refractivity contribution in [3.63, 3.8) is 0 Å². The number of amides is 1. The lowest BCUT2D eigenvalue weighted by molar-refractivity contribution is -0.147. The maximum Gasteiger partial charge on any atom is 0.412 e. The molecule has 0 aromatic heterocycles. The summed E-state index contributed by atoms with van der Waals surface area (Å²) in [4.78, 5) is 26.6. The van der Waals surface area contributed by atoms with Crippen molar-refractivity contribution < 1.29 is 23.8 Å². The number of esters is 1. The summed E-state index contributed by atoms with van der Waals surface area (Å²) in [6.07, 6.45) is -0.256. The van der Waals surface area contributed by atoms with Crippen molar-refractivity contribution >= 4 is 12.1 Å². The van der Waals surface area contributed by atoms with Crippen LogP contribution in [-0.2, 0) is 25.4 Å². The Labute approximate surface area is 161 Å². The van der Waals surface area contributed by atoms with E-state index in [-0.39, 0.29) is 18.4 Å². The highest BCUT2D eigenvalue weighted by Crippen LogP contribution is 2.36. The predicted molar refractivity (Wildman–Crippen MR) is 102 cm³/mol. The van der Waals surface area contributed by atoms with E-state index in [1.54, 1.807) is 11.8 Å². The molecule has 0 bridgehead atoms. The monoisotopic (exact) mass is 377 g/mol. The minimum Gasteiger partial charge on any atom is -0.466 e. The van der Waals surface area contributed by atoms with E-state index in [1.165, 1.54) is 0 Å². The number of hydrogen-bond donors (Lipinski definition) is 0. The molecule has 0 aliphatic carbocycles. The molecule has 1 aromatic carbocycles. The van der Waals surface area contributed by atoms with Crippen LogP contribution in [0.5, 0.6) is 0 Å². The van der Waals surface area contributed by atoms with Gasteiger partial charge in [0, 0.05) is 0 Å². The highest BCUT2D eigenvalue weighted by Gasteiger charge is 2.51. The number of rotatable bonds is 5. The number of ether oxygens (including phenoxy) is 3. The lowest BCUT2D eigenvalue weighted by Crippen LogP contribution is -2.51. The van der Waals surface area contributed by atoms with Crippen molar-refractivity contribution in [2.24, 2.45) is 0 Å². The van der Waals surface area contributed by atoms with Crippen molar-refractivity contribution in [3.05, 3.63) is 35.9 Å². The summed E-state index contributed by atoms with van der Waals surface area (Å²) < 4.78 is 16.8. The Bertz CT molecular complexity index is 650. The first-order valence-electron chi connectivity index (χ1n) is 9.43. The molecule has 1 amide bonds. The summed E-state index contributed by atoms with van der Waals surface area (Å²) in [5, 5.41) is 0. The van der Waals surface area contributed by atoms with E-state index in [1.807, 2.05) is 65.0 Å². The fraction of sp³-hybridized carbons (Fsp3) is 0.619. The summed E-state index contributed by atoms with van der Waals surface area (Å²) in [6, 6.07) is 9.52. The smallest absolute Gasteiger partial charge is 0.412 e. The standard InChI is InChI=1S/C21H31NO5/c1-7-25-18(23)14-17-16(13-15-11-9-8-10-12-15)22(21(5,6)26-17)19(24)27-20(2,3)4/h8-12,16-17H,7,13-14H2,1-6H3/t16-,17+/m0/s1. The summed E-state index contributed by atoms with van der Waals surface area (Å²) in [7, 11) is 0. The van der Waals surface area contributed by atoms with Crippen LogP contribution in [0.15, 0.2) is 30.3 Å². The van der Waals surface area contributed by atoms with Crippen LogP contribution in [-0.4, -0.2) is 47.0 Å². The zero-order valence-corrected chi connectivity index (χ0v) is 17.2. The van der Waals surface area contributed by atoms with Gasteiger partial charge >= 0.3 is 12.1 Å². The average Bonchev–Trinajstić information content (AvgIpc) is 2.76. The van der Waals surface area contributed by atoms with Crippen LogP contribution in [0.4, 0.5) is 4.79 Å².